The standard InChI is InChI=1S/C13H12N2O6.ClH/c14-9(12(18)19)5-15(6-16)10-3-7-1-2-8(17)4-11(7)21-13(10)20;/h1-4,6,9,17H,5,14H2,(H,18,19);1H/t9-;/m1./s1. The second-order valence-corrected chi connectivity index (χ2v) is 4.34. The van der Waals surface area contributed by atoms with Crippen LogP contribution in [0.2, 0.25) is 0 Å². The number of nitrogens with two attached hydrogens (primary N) is 1. The van der Waals surface area contributed by atoms with E-state index in [9.17, 15) is 19.5 Å². The maximum atomic E-state index is 11.9. The van der Waals surface area contributed by atoms with Crippen molar-refractivity contribution in [3.8, 4) is 5.75 Å². The number of hydrogen-bond donors (Lipinski definition) is 3. The van der Waals surface area contributed by atoms with Gasteiger partial charge in [-0.05, 0) is 18.2 Å². The minimum absolute atomic E-state index is 0. The Morgan fingerprint density at radius 1 is 1.41 bits per heavy atom. The third-order valence-electron chi connectivity index (χ3n) is 2.85. The molecular formula is C13H13ClN2O6. The fourth-order valence-corrected chi connectivity index (χ4v) is 1.78. The van der Waals surface area contributed by atoms with Crippen LogP contribution in [0.5, 0.6) is 5.75 Å². The van der Waals surface area contributed by atoms with Crippen LogP contribution in [0.4, 0.5) is 5.69 Å². The zero-order valence-corrected chi connectivity index (χ0v) is 11.9. The summed E-state index contributed by atoms with van der Waals surface area (Å²) >= 11 is 0. The Bertz CT molecular complexity index is 760. The quantitative estimate of drug-likeness (QED) is 0.530. The van der Waals surface area contributed by atoms with Gasteiger partial charge in [-0.25, -0.2) is 4.79 Å². The van der Waals surface area contributed by atoms with Crippen LogP contribution in [0.25, 0.3) is 11.0 Å². The first-order chi connectivity index (χ1) is 9.92. The van der Waals surface area contributed by atoms with Gasteiger partial charge in [0.05, 0.1) is 6.54 Å². The van der Waals surface area contributed by atoms with Crippen molar-refractivity contribution < 1.29 is 24.2 Å². The number of carboxylic acids is 1. The first-order valence-electron chi connectivity index (χ1n) is 5.89. The van der Waals surface area contributed by atoms with Crippen LogP contribution < -0.4 is 16.3 Å². The lowest BCUT2D eigenvalue weighted by molar-refractivity contribution is -0.138. The van der Waals surface area contributed by atoms with E-state index >= 15 is 0 Å². The predicted molar refractivity (Wildman–Crippen MR) is 80.4 cm³/mol. The second-order valence-electron chi connectivity index (χ2n) is 4.34. The zero-order chi connectivity index (χ0) is 15.6. The molecule has 1 atom stereocenters. The van der Waals surface area contributed by atoms with E-state index < -0.39 is 17.6 Å². The predicted octanol–water partition coefficient (Wildman–Crippen LogP) is 0.295. The molecule has 0 saturated carbocycles. The number of fused-ring (bicyclic) bond motifs is 1. The molecule has 0 aliphatic heterocycles. The van der Waals surface area contributed by atoms with Gasteiger partial charge < -0.3 is 25.3 Å². The lowest BCUT2D eigenvalue weighted by Crippen LogP contribution is -2.43. The molecule has 1 heterocycles. The third-order valence-corrected chi connectivity index (χ3v) is 2.85. The molecule has 1 aromatic carbocycles. The van der Waals surface area contributed by atoms with E-state index in [1.807, 2.05) is 0 Å². The molecule has 4 N–H and O–H groups in total. The molecule has 2 aromatic rings. The van der Waals surface area contributed by atoms with Crippen LogP contribution in [-0.4, -0.2) is 35.2 Å². The van der Waals surface area contributed by atoms with Gasteiger partial charge in [0, 0.05) is 11.5 Å². The molecule has 1 aromatic heterocycles. The summed E-state index contributed by atoms with van der Waals surface area (Å²) in [5, 5.41) is 18.5. The number of aromatic hydroxyl groups is 1. The molecule has 1 amide bonds. The number of phenols is 1. The van der Waals surface area contributed by atoms with E-state index in [4.69, 9.17) is 15.3 Å². The van der Waals surface area contributed by atoms with Gasteiger partial charge in [-0.15, -0.1) is 12.4 Å². The number of rotatable bonds is 5. The number of carbonyl (C=O) groups is 2. The van der Waals surface area contributed by atoms with E-state index in [0.29, 0.717) is 11.8 Å². The van der Waals surface area contributed by atoms with Crippen LogP contribution in [-0.2, 0) is 9.59 Å². The smallest absolute Gasteiger partial charge is 0.360 e. The highest BCUT2D eigenvalue weighted by atomic mass is 35.5. The van der Waals surface area contributed by atoms with Crippen molar-refractivity contribution in [2.24, 2.45) is 5.73 Å². The van der Waals surface area contributed by atoms with Crippen molar-refractivity contribution in [1.29, 1.82) is 0 Å². The van der Waals surface area contributed by atoms with Crippen molar-refractivity contribution in [1.82, 2.24) is 0 Å². The van der Waals surface area contributed by atoms with E-state index in [1.165, 1.54) is 24.3 Å². The maximum Gasteiger partial charge on any atom is 0.360 e. The Morgan fingerprint density at radius 2 is 2.09 bits per heavy atom. The highest BCUT2D eigenvalue weighted by Crippen LogP contribution is 2.21. The van der Waals surface area contributed by atoms with Crippen molar-refractivity contribution in [3.05, 3.63) is 34.7 Å². The summed E-state index contributed by atoms with van der Waals surface area (Å²) in [6.07, 6.45) is 0.307. The molecule has 0 aliphatic rings. The van der Waals surface area contributed by atoms with Gasteiger partial charge in [0.1, 0.15) is 23.1 Å². The number of aliphatic carboxylic acids is 1. The summed E-state index contributed by atoms with van der Waals surface area (Å²) in [4.78, 5) is 34.5. The van der Waals surface area contributed by atoms with Gasteiger partial charge in [0.25, 0.3) is 0 Å². The first-order valence-corrected chi connectivity index (χ1v) is 5.89. The monoisotopic (exact) mass is 328 g/mol. The van der Waals surface area contributed by atoms with Gasteiger partial charge >= 0.3 is 11.6 Å². The van der Waals surface area contributed by atoms with Crippen LogP contribution in [0, 0.1) is 0 Å². The third kappa shape index (κ3) is 3.54. The number of carbonyl (C=O) groups excluding carboxylic acids is 1. The van der Waals surface area contributed by atoms with E-state index in [2.05, 4.69) is 0 Å². The molecule has 0 aliphatic carbocycles. The summed E-state index contributed by atoms with van der Waals surface area (Å²) in [7, 11) is 0. The Morgan fingerprint density at radius 3 is 2.68 bits per heavy atom. The van der Waals surface area contributed by atoms with E-state index in [-0.39, 0.29) is 36.0 Å². The average molecular weight is 329 g/mol. The van der Waals surface area contributed by atoms with Crippen LogP contribution >= 0.6 is 12.4 Å². The summed E-state index contributed by atoms with van der Waals surface area (Å²) in [6, 6.07) is 4.18. The number of benzene rings is 1. The van der Waals surface area contributed by atoms with E-state index in [1.54, 1.807) is 0 Å². The number of nitrogens with zero attached hydrogens (tertiary/aromatic N) is 1. The topological polar surface area (TPSA) is 134 Å². The number of amides is 1. The number of hydrogen-bond acceptors (Lipinski definition) is 6. The maximum absolute atomic E-state index is 11.9. The molecule has 0 saturated heterocycles. The highest BCUT2D eigenvalue weighted by molar-refractivity contribution is 5.86. The molecule has 0 unspecified atom stereocenters. The van der Waals surface area contributed by atoms with E-state index in [0.717, 1.165) is 4.90 Å². The molecule has 0 bridgehead atoms. The van der Waals surface area contributed by atoms with Gasteiger partial charge in [-0.3, -0.25) is 9.59 Å². The summed E-state index contributed by atoms with van der Waals surface area (Å²) in [5.74, 6) is -1.37. The summed E-state index contributed by atoms with van der Waals surface area (Å²) in [5.41, 5.74) is 4.54. The van der Waals surface area contributed by atoms with Gasteiger partial charge in [0.2, 0.25) is 6.41 Å². The van der Waals surface area contributed by atoms with Gasteiger partial charge in [-0.2, -0.15) is 0 Å². The molecular weight excluding hydrogens is 316 g/mol. The number of anilines is 1. The Kier molecular flexibility index (Phi) is 5.50. The largest absolute Gasteiger partial charge is 0.508 e. The van der Waals surface area contributed by atoms with Crippen molar-refractivity contribution in [3.63, 3.8) is 0 Å². The minimum Gasteiger partial charge on any atom is -0.508 e. The lowest BCUT2D eigenvalue weighted by atomic mass is 10.2. The molecule has 0 radical (unpaired) electrons. The molecule has 8 nitrogen and oxygen atoms in total. The molecule has 22 heavy (non-hydrogen) atoms. The molecule has 0 fully saturated rings. The fraction of sp³-hybridized carbons (Fsp3) is 0.154. The Hall–Kier alpha value is -2.58. The average Bonchev–Trinajstić information content (AvgIpc) is 2.43. The number of carboxylic acid groups (broad SMARTS) is 1. The normalized spacial score (nSPS) is 11.5. The Balaban J connectivity index is 0.00000242. The summed E-state index contributed by atoms with van der Waals surface area (Å²) in [6.45, 7) is -0.368. The number of phenolic OH excluding ortho intramolecular Hbond substituents is 1. The van der Waals surface area contributed by atoms with Gasteiger partial charge in [-0.1, -0.05) is 0 Å². The fourth-order valence-electron chi connectivity index (χ4n) is 1.78. The zero-order valence-electron chi connectivity index (χ0n) is 11.1. The minimum atomic E-state index is -1.33. The van der Waals surface area contributed by atoms with Crippen molar-refractivity contribution in [2.45, 2.75) is 6.04 Å². The SMILES string of the molecule is Cl.N[C@H](CN(C=O)c1cc2ccc(O)cc2oc1=O)C(=O)O. The summed E-state index contributed by atoms with van der Waals surface area (Å²) < 4.78 is 4.99. The van der Waals surface area contributed by atoms with Crippen LogP contribution in [0.1, 0.15) is 0 Å². The van der Waals surface area contributed by atoms with Crippen LogP contribution in [0.15, 0.2) is 33.5 Å². The molecule has 2 rings (SSSR count). The lowest BCUT2D eigenvalue weighted by Gasteiger charge is -2.18. The van der Waals surface area contributed by atoms with Gasteiger partial charge in [0.15, 0.2) is 0 Å². The van der Waals surface area contributed by atoms with Crippen molar-refractivity contribution >= 4 is 41.4 Å². The first kappa shape index (κ1) is 17.5. The van der Waals surface area contributed by atoms with Crippen molar-refractivity contribution in [2.75, 3.05) is 11.4 Å². The Labute approximate surface area is 130 Å². The van der Waals surface area contributed by atoms with Crippen LogP contribution in [0.3, 0.4) is 0 Å². The molecule has 0 spiro atoms. The second kappa shape index (κ2) is 6.92. The molecule has 118 valence electrons. The number of halogens is 1. The molecule has 9 heteroatoms. The highest BCUT2D eigenvalue weighted by Gasteiger charge is 2.20.